The molecule has 0 aromatic heterocycles. The summed E-state index contributed by atoms with van der Waals surface area (Å²) in [6.45, 7) is 0.345. The van der Waals surface area contributed by atoms with Crippen LogP contribution in [-0.4, -0.2) is 11.5 Å². The fourth-order valence-electron chi connectivity index (χ4n) is 1.88. The van der Waals surface area contributed by atoms with Gasteiger partial charge in [-0.3, -0.25) is 10.1 Å². The molecule has 1 aromatic rings. The Bertz CT molecular complexity index is 388. The molecule has 0 aliphatic heterocycles. The van der Waals surface area contributed by atoms with E-state index in [2.05, 4.69) is 4.84 Å². The quantitative estimate of drug-likeness (QED) is 0.601. The van der Waals surface area contributed by atoms with Gasteiger partial charge in [-0.25, -0.2) is 5.90 Å². The average Bonchev–Trinajstić information content (AvgIpc) is 2.99. The van der Waals surface area contributed by atoms with Crippen LogP contribution in [0.5, 0.6) is 0 Å². The van der Waals surface area contributed by atoms with Crippen LogP contribution in [0.2, 0.25) is 0 Å². The second-order valence-corrected chi connectivity index (χ2v) is 3.87. The number of benzene rings is 1. The van der Waals surface area contributed by atoms with Crippen molar-refractivity contribution in [3.05, 3.63) is 39.9 Å². The van der Waals surface area contributed by atoms with Crippen molar-refractivity contribution in [2.24, 2.45) is 5.90 Å². The van der Waals surface area contributed by atoms with Crippen LogP contribution in [0.4, 0.5) is 5.69 Å². The summed E-state index contributed by atoms with van der Waals surface area (Å²) < 4.78 is 0. The van der Waals surface area contributed by atoms with Crippen molar-refractivity contribution in [3.8, 4) is 0 Å². The highest BCUT2D eigenvalue weighted by molar-refractivity contribution is 5.48. The van der Waals surface area contributed by atoms with Gasteiger partial charge in [0.2, 0.25) is 0 Å². The second kappa shape index (κ2) is 3.60. The Morgan fingerprint density at radius 2 is 2.13 bits per heavy atom. The molecular formula is C10H12N2O3. The standard InChI is InChI=1S/C10H12N2O3/c11-15-7-10(5-6-10)8-3-1-2-4-9(8)12(13)14/h1-4H,5-7,11H2. The maximum absolute atomic E-state index is 10.8. The van der Waals surface area contributed by atoms with Crippen LogP contribution in [-0.2, 0) is 10.3 Å². The molecule has 1 saturated carbocycles. The van der Waals surface area contributed by atoms with Crippen molar-refractivity contribution in [3.63, 3.8) is 0 Å². The van der Waals surface area contributed by atoms with Gasteiger partial charge in [0, 0.05) is 17.0 Å². The predicted octanol–water partition coefficient (Wildman–Crippen LogP) is 1.52. The molecular weight excluding hydrogens is 196 g/mol. The second-order valence-electron chi connectivity index (χ2n) is 3.87. The Morgan fingerprint density at radius 3 is 2.67 bits per heavy atom. The molecule has 1 aliphatic carbocycles. The van der Waals surface area contributed by atoms with Crippen LogP contribution in [0, 0.1) is 10.1 Å². The first kappa shape index (κ1) is 10.1. The number of nitrogens with two attached hydrogens (primary N) is 1. The van der Waals surface area contributed by atoms with Gasteiger partial charge in [-0.05, 0) is 12.8 Å². The summed E-state index contributed by atoms with van der Waals surface area (Å²) in [7, 11) is 0. The Hall–Kier alpha value is -1.46. The third kappa shape index (κ3) is 1.71. The van der Waals surface area contributed by atoms with Crippen molar-refractivity contribution in [1.29, 1.82) is 0 Å². The van der Waals surface area contributed by atoms with Gasteiger partial charge in [-0.2, -0.15) is 0 Å². The minimum absolute atomic E-state index is 0.159. The Balaban J connectivity index is 2.39. The van der Waals surface area contributed by atoms with Gasteiger partial charge in [0.1, 0.15) is 0 Å². The molecule has 0 heterocycles. The van der Waals surface area contributed by atoms with Gasteiger partial charge < -0.3 is 4.84 Å². The lowest BCUT2D eigenvalue weighted by atomic mass is 9.95. The zero-order valence-corrected chi connectivity index (χ0v) is 8.18. The van der Waals surface area contributed by atoms with Gasteiger partial charge in [0.05, 0.1) is 11.5 Å². The van der Waals surface area contributed by atoms with Crippen molar-refractivity contribution < 1.29 is 9.76 Å². The summed E-state index contributed by atoms with van der Waals surface area (Å²) in [5.41, 5.74) is 0.672. The van der Waals surface area contributed by atoms with Crippen LogP contribution >= 0.6 is 0 Å². The topological polar surface area (TPSA) is 78.4 Å². The molecule has 2 N–H and O–H groups in total. The van der Waals surface area contributed by atoms with Crippen molar-refractivity contribution >= 4 is 5.69 Å². The molecule has 0 bridgehead atoms. The van der Waals surface area contributed by atoms with Crippen LogP contribution in [0.3, 0.4) is 0 Å². The molecule has 15 heavy (non-hydrogen) atoms. The molecule has 80 valence electrons. The molecule has 2 rings (SSSR count). The van der Waals surface area contributed by atoms with Gasteiger partial charge >= 0.3 is 0 Å². The summed E-state index contributed by atoms with van der Waals surface area (Å²) in [6.07, 6.45) is 1.80. The summed E-state index contributed by atoms with van der Waals surface area (Å²) in [5.74, 6) is 5.05. The highest BCUT2D eigenvalue weighted by Crippen LogP contribution is 2.50. The molecule has 1 aliphatic rings. The largest absolute Gasteiger partial charge is 0.304 e. The van der Waals surface area contributed by atoms with Crippen LogP contribution in [0.15, 0.2) is 24.3 Å². The van der Waals surface area contributed by atoms with Gasteiger partial charge in [-0.15, -0.1) is 0 Å². The lowest BCUT2D eigenvalue weighted by Crippen LogP contribution is -2.19. The Labute approximate surface area is 86.9 Å². The molecule has 5 nitrogen and oxygen atoms in total. The molecule has 1 fully saturated rings. The van der Waals surface area contributed by atoms with Crippen LogP contribution < -0.4 is 5.90 Å². The normalized spacial score (nSPS) is 17.4. The minimum atomic E-state index is -0.355. The number of hydrogen-bond donors (Lipinski definition) is 1. The zero-order valence-electron chi connectivity index (χ0n) is 8.18. The maximum atomic E-state index is 10.8. The van der Waals surface area contributed by atoms with Gasteiger partial charge in [0.15, 0.2) is 0 Å². The number of rotatable bonds is 4. The fourth-order valence-corrected chi connectivity index (χ4v) is 1.88. The van der Waals surface area contributed by atoms with E-state index in [-0.39, 0.29) is 16.0 Å². The lowest BCUT2D eigenvalue weighted by molar-refractivity contribution is -0.385. The minimum Gasteiger partial charge on any atom is -0.304 e. The van der Waals surface area contributed by atoms with E-state index in [1.165, 1.54) is 6.07 Å². The molecule has 5 heteroatoms. The highest BCUT2D eigenvalue weighted by atomic mass is 16.6. The van der Waals surface area contributed by atoms with E-state index in [0.717, 1.165) is 18.4 Å². The van der Waals surface area contributed by atoms with Crippen molar-refractivity contribution in [2.45, 2.75) is 18.3 Å². The summed E-state index contributed by atoms with van der Waals surface area (Å²) in [4.78, 5) is 15.1. The number of hydrogen-bond acceptors (Lipinski definition) is 4. The number of nitro benzene ring substituents is 1. The highest BCUT2D eigenvalue weighted by Gasteiger charge is 2.48. The Morgan fingerprint density at radius 1 is 1.47 bits per heavy atom. The Kier molecular flexibility index (Phi) is 2.42. The van der Waals surface area contributed by atoms with E-state index in [1.54, 1.807) is 18.2 Å². The molecule has 0 saturated heterocycles. The number of nitrogens with zero attached hydrogens (tertiary/aromatic N) is 1. The van der Waals surface area contributed by atoms with E-state index < -0.39 is 0 Å². The first-order chi connectivity index (χ1) is 7.19. The lowest BCUT2D eigenvalue weighted by Gasteiger charge is -2.13. The first-order valence-electron chi connectivity index (χ1n) is 4.75. The maximum Gasteiger partial charge on any atom is 0.273 e. The van der Waals surface area contributed by atoms with E-state index in [4.69, 9.17) is 5.90 Å². The smallest absolute Gasteiger partial charge is 0.273 e. The van der Waals surface area contributed by atoms with E-state index in [9.17, 15) is 10.1 Å². The van der Waals surface area contributed by atoms with Gasteiger partial charge in [0.25, 0.3) is 5.69 Å². The van der Waals surface area contributed by atoms with E-state index >= 15 is 0 Å². The van der Waals surface area contributed by atoms with Crippen molar-refractivity contribution in [1.82, 2.24) is 0 Å². The summed E-state index contributed by atoms with van der Waals surface area (Å²) in [5, 5.41) is 10.8. The van der Waals surface area contributed by atoms with E-state index in [1.807, 2.05) is 0 Å². The average molecular weight is 208 g/mol. The van der Waals surface area contributed by atoms with Crippen molar-refractivity contribution in [2.75, 3.05) is 6.61 Å². The van der Waals surface area contributed by atoms with Crippen LogP contribution in [0.1, 0.15) is 18.4 Å². The molecule has 0 atom stereocenters. The first-order valence-corrected chi connectivity index (χ1v) is 4.75. The molecule has 0 unspecified atom stereocenters. The van der Waals surface area contributed by atoms with Crippen LogP contribution in [0.25, 0.3) is 0 Å². The third-order valence-corrected chi connectivity index (χ3v) is 2.89. The SMILES string of the molecule is NOCC1(c2ccccc2[N+](=O)[O-])CC1. The molecule has 1 aromatic carbocycles. The monoisotopic (exact) mass is 208 g/mol. The fraction of sp³-hybridized carbons (Fsp3) is 0.400. The van der Waals surface area contributed by atoms with E-state index in [0.29, 0.717) is 6.61 Å². The molecule has 0 spiro atoms. The third-order valence-electron chi connectivity index (χ3n) is 2.89. The number of nitro groups is 1. The number of para-hydroxylation sites is 1. The van der Waals surface area contributed by atoms with Gasteiger partial charge in [-0.1, -0.05) is 18.2 Å². The molecule has 0 amide bonds. The molecule has 0 radical (unpaired) electrons. The summed E-state index contributed by atoms with van der Waals surface area (Å²) in [6, 6.07) is 6.77. The summed E-state index contributed by atoms with van der Waals surface area (Å²) >= 11 is 0. The zero-order chi connectivity index (χ0) is 10.9. The predicted molar refractivity (Wildman–Crippen MR) is 54.1 cm³/mol.